The van der Waals surface area contributed by atoms with Gasteiger partial charge in [-0.05, 0) is 13.3 Å². The molecule has 2 N–H and O–H groups in total. The summed E-state index contributed by atoms with van der Waals surface area (Å²) in [7, 11) is 1.52. The Bertz CT molecular complexity index is 533. The highest BCUT2D eigenvalue weighted by Gasteiger charge is 2.11. The number of benzene rings is 1. The second-order valence-corrected chi connectivity index (χ2v) is 5.44. The fraction of sp³-hybridized carbons (Fsp3) is 0.333. The summed E-state index contributed by atoms with van der Waals surface area (Å²) in [5, 5.41) is 13.2. The van der Waals surface area contributed by atoms with Crippen molar-refractivity contribution in [3.63, 3.8) is 0 Å². The van der Waals surface area contributed by atoms with Crippen molar-refractivity contribution in [3.05, 3.63) is 66.7 Å². The summed E-state index contributed by atoms with van der Waals surface area (Å²) in [5.41, 5.74) is 2.15. The van der Waals surface area contributed by atoms with Gasteiger partial charge in [0.2, 0.25) is 0 Å². The van der Waals surface area contributed by atoms with Crippen LogP contribution in [0.25, 0.3) is 5.76 Å². The molecule has 0 radical (unpaired) electrons. The molecule has 0 spiro atoms. The van der Waals surface area contributed by atoms with Crippen LogP contribution in [0.2, 0.25) is 0 Å². The van der Waals surface area contributed by atoms with Crippen LogP contribution < -0.4 is 5.32 Å². The molecule has 4 nitrogen and oxygen atoms in total. The summed E-state index contributed by atoms with van der Waals surface area (Å²) in [6, 6.07) is 8.02. The third kappa shape index (κ3) is 5.66. The molecule has 0 saturated carbocycles. The molecule has 0 saturated heterocycles. The first-order valence-electron chi connectivity index (χ1n) is 7.29. The Morgan fingerprint density at radius 3 is 2.41 bits per heavy atom. The third-order valence-corrected chi connectivity index (χ3v) is 3.47. The van der Waals surface area contributed by atoms with E-state index in [4.69, 9.17) is 4.74 Å². The minimum Gasteiger partial charge on any atom is -0.462 e. The van der Waals surface area contributed by atoms with Crippen LogP contribution >= 0.6 is 0 Å². The van der Waals surface area contributed by atoms with E-state index in [1.54, 1.807) is 0 Å². The smallest absolute Gasteiger partial charge is 0.126 e. The monoisotopic (exact) mass is 302 g/mol. The Kier molecular flexibility index (Phi) is 6.73. The van der Waals surface area contributed by atoms with Gasteiger partial charge in [-0.15, -0.1) is 0 Å². The molecule has 4 heteroatoms. The number of allylic oxidation sites excluding steroid dienone is 1. The van der Waals surface area contributed by atoms with Crippen molar-refractivity contribution in [2.75, 3.05) is 13.6 Å². The van der Waals surface area contributed by atoms with Crippen LogP contribution in [0, 0.1) is 12.8 Å². The Morgan fingerprint density at radius 2 is 1.86 bits per heavy atom. The largest absolute Gasteiger partial charge is 0.462 e. The molecule has 0 heterocycles. The molecule has 1 rings (SSSR count). The first-order valence-corrected chi connectivity index (χ1v) is 7.29. The van der Waals surface area contributed by atoms with E-state index in [0.29, 0.717) is 23.9 Å². The molecule has 120 valence electrons. The standard InChI is InChI=1S/C18H26N2O2/c1-13-7-9-18(10-8-13)16(4)22-15(3)14(2)11-12-19-17(5)20(6)21/h7-10,14,19,21H,3-5,11-12H2,1-2,6H3. The van der Waals surface area contributed by atoms with Crippen LogP contribution in [-0.4, -0.2) is 23.9 Å². The number of rotatable bonds is 9. The zero-order valence-corrected chi connectivity index (χ0v) is 13.7. The van der Waals surface area contributed by atoms with Crippen molar-refractivity contribution >= 4 is 5.76 Å². The van der Waals surface area contributed by atoms with Crippen LogP contribution in [0.3, 0.4) is 0 Å². The fourth-order valence-electron chi connectivity index (χ4n) is 1.77. The average molecular weight is 302 g/mol. The normalized spacial score (nSPS) is 11.5. The fourth-order valence-corrected chi connectivity index (χ4v) is 1.77. The summed E-state index contributed by atoms with van der Waals surface area (Å²) in [4.78, 5) is 0. The summed E-state index contributed by atoms with van der Waals surface area (Å²) in [5.74, 6) is 1.90. The van der Waals surface area contributed by atoms with E-state index in [-0.39, 0.29) is 5.92 Å². The van der Waals surface area contributed by atoms with Crippen molar-refractivity contribution in [2.45, 2.75) is 20.3 Å². The molecule has 1 aromatic carbocycles. The van der Waals surface area contributed by atoms with Crippen LogP contribution in [0.15, 0.2) is 55.6 Å². The van der Waals surface area contributed by atoms with E-state index in [2.05, 4.69) is 25.1 Å². The Labute approximate surface area is 133 Å². The second kappa shape index (κ2) is 8.29. The molecule has 0 aromatic heterocycles. The molecule has 1 unspecified atom stereocenters. The first kappa shape index (κ1) is 17.9. The van der Waals surface area contributed by atoms with Crippen molar-refractivity contribution in [1.29, 1.82) is 0 Å². The van der Waals surface area contributed by atoms with Gasteiger partial charge in [-0.2, -0.15) is 0 Å². The van der Waals surface area contributed by atoms with Gasteiger partial charge in [-0.25, -0.2) is 5.06 Å². The average Bonchev–Trinajstić information content (AvgIpc) is 2.47. The zero-order chi connectivity index (χ0) is 16.7. The molecule has 0 aliphatic rings. The number of nitrogens with one attached hydrogen (secondary N) is 1. The van der Waals surface area contributed by atoms with Crippen molar-refractivity contribution < 1.29 is 9.94 Å². The Balaban J connectivity index is 2.42. The van der Waals surface area contributed by atoms with E-state index >= 15 is 0 Å². The lowest BCUT2D eigenvalue weighted by atomic mass is 10.1. The number of aryl methyl sites for hydroxylation is 1. The maximum Gasteiger partial charge on any atom is 0.126 e. The minimum atomic E-state index is 0.159. The first-order chi connectivity index (χ1) is 10.3. The zero-order valence-electron chi connectivity index (χ0n) is 13.7. The van der Waals surface area contributed by atoms with Crippen LogP contribution in [0.1, 0.15) is 24.5 Å². The van der Waals surface area contributed by atoms with Gasteiger partial charge >= 0.3 is 0 Å². The maximum absolute atomic E-state index is 9.18. The summed E-state index contributed by atoms with van der Waals surface area (Å²) < 4.78 is 5.74. The van der Waals surface area contributed by atoms with Crippen molar-refractivity contribution in [3.8, 4) is 0 Å². The van der Waals surface area contributed by atoms with Crippen LogP contribution in [0.5, 0.6) is 0 Å². The van der Waals surface area contributed by atoms with Gasteiger partial charge in [-0.3, -0.25) is 5.21 Å². The molecular weight excluding hydrogens is 276 g/mol. The van der Waals surface area contributed by atoms with Crippen LogP contribution in [-0.2, 0) is 4.74 Å². The maximum atomic E-state index is 9.18. The molecule has 0 fully saturated rings. The molecule has 0 aliphatic carbocycles. The minimum absolute atomic E-state index is 0.159. The predicted molar refractivity (Wildman–Crippen MR) is 90.9 cm³/mol. The Hall–Kier alpha value is -2.20. The molecule has 1 atom stereocenters. The number of nitrogens with zero attached hydrogens (tertiary/aromatic N) is 1. The summed E-state index contributed by atoms with van der Waals surface area (Å²) in [6.07, 6.45) is 0.812. The third-order valence-electron chi connectivity index (χ3n) is 3.47. The topological polar surface area (TPSA) is 44.7 Å². The number of ether oxygens (including phenoxy) is 1. The predicted octanol–water partition coefficient (Wildman–Crippen LogP) is 3.90. The second-order valence-electron chi connectivity index (χ2n) is 5.44. The Morgan fingerprint density at radius 1 is 1.27 bits per heavy atom. The summed E-state index contributed by atoms with van der Waals surface area (Å²) in [6.45, 7) is 16.4. The van der Waals surface area contributed by atoms with Gasteiger partial charge in [0.15, 0.2) is 0 Å². The molecule has 0 aliphatic heterocycles. The molecule has 0 amide bonds. The van der Waals surface area contributed by atoms with E-state index in [1.807, 2.05) is 38.1 Å². The van der Waals surface area contributed by atoms with Gasteiger partial charge in [0, 0.05) is 25.1 Å². The van der Waals surface area contributed by atoms with E-state index < -0.39 is 0 Å². The SMILES string of the molecule is C=C(OC(=C)C(C)CCNC(=C)N(C)O)c1ccc(C)cc1. The lowest BCUT2D eigenvalue weighted by molar-refractivity contribution is -0.0347. The van der Waals surface area contributed by atoms with Gasteiger partial charge in [-0.1, -0.05) is 56.5 Å². The van der Waals surface area contributed by atoms with Gasteiger partial charge in [0.25, 0.3) is 0 Å². The molecule has 0 bridgehead atoms. The number of hydrogen-bond acceptors (Lipinski definition) is 4. The lowest BCUT2D eigenvalue weighted by Crippen LogP contribution is -2.26. The molecule has 22 heavy (non-hydrogen) atoms. The van der Waals surface area contributed by atoms with E-state index in [1.165, 1.54) is 12.6 Å². The molecule has 1 aromatic rings. The lowest BCUT2D eigenvalue weighted by Gasteiger charge is -2.19. The quantitative estimate of drug-likeness (QED) is 0.536. The van der Waals surface area contributed by atoms with E-state index in [0.717, 1.165) is 17.0 Å². The number of hydrogen-bond donors (Lipinski definition) is 2. The summed E-state index contributed by atoms with van der Waals surface area (Å²) >= 11 is 0. The van der Waals surface area contributed by atoms with Gasteiger partial charge in [0.05, 0.1) is 5.76 Å². The van der Waals surface area contributed by atoms with Crippen molar-refractivity contribution in [1.82, 2.24) is 10.4 Å². The molecular formula is C18H26N2O2. The highest BCUT2D eigenvalue weighted by molar-refractivity contribution is 5.58. The van der Waals surface area contributed by atoms with Gasteiger partial charge in [0.1, 0.15) is 11.6 Å². The van der Waals surface area contributed by atoms with Crippen molar-refractivity contribution in [2.24, 2.45) is 5.92 Å². The number of hydroxylamine groups is 2. The van der Waals surface area contributed by atoms with E-state index in [9.17, 15) is 5.21 Å². The highest BCUT2D eigenvalue weighted by atomic mass is 16.5. The highest BCUT2D eigenvalue weighted by Crippen LogP contribution is 2.22. The van der Waals surface area contributed by atoms with Crippen LogP contribution in [0.4, 0.5) is 0 Å². The van der Waals surface area contributed by atoms with Gasteiger partial charge < -0.3 is 10.1 Å².